The number of nitrogens with zero attached hydrogens (tertiary/aromatic N) is 3. The number of carbonyl (C=O) groups excluding carboxylic acids is 9. The van der Waals surface area contributed by atoms with Gasteiger partial charge in [0.2, 0.25) is 11.8 Å². The topological polar surface area (TPSA) is 372 Å². The molecule has 754 valence electrons. The number of hydrogen-bond donors (Lipinski definition) is 6. The number of carbonyl (C=O) groups is 9. The largest absolute Gasteiger partial charge is 0.379 e. The predicted molar refractivity (Wildman–Crippen MR) is 573 cm³/mol. The maximum atomic E-state index is 12.4. The first kappa shape index (κ1) is 138. The van der Waals surface area contributed by atoms with Crippen molar-refractivity contribution in [2.45, 2.75) is 155 Å². The smallest absolute Gasteiger partial charge is 0.251 e. The molecule has 4 amide bonds. The first-order valence-corrected chi connectivity index (χ1v) is 43.7. The van der Waals surface area contributed by atoms with Crippen molar-refractivity contribution in [3.05, 3.63) is 365 Å². The lowest BCUT2D eigenvalue weighted by molar-refractivity contribution is -0.120. The number of aryl methyl sites for hydroxylation is 8. The highest BCUT2D eigenvalue weighted by Crippen LogP contribution is 2.16. The van der Waals surface area contributed by atoms with Gasteiger partial charge in [-0.15, -0.1) is 11.6 Å². The fourth-order valence-corrected chi connectivity index (χ4v) is 10.9. The molecule has 24 nitrogen and oxygen atoms in total. The molecule has 0 unspecified atom stereocenters. The molecule has 0 saturated carbocycles. The SMILES string of the molecule is C.C.C.C.C.C.C.C.C.CC(=O)c1ccc(C)cc1.Cc1ccc(C(=O)Cc2ccc(C(=O)c3ccccc3)cc2)cc1.Cc1ccc(C(=O)NCCOCCOCCN)cc1.Cc1ccc(C(=O)NCCOCCOCCN=[N+]=[N-])cc1.Cc1ccc(C(N)=O)cc1.Cc1ccc(CC(=O)CBr)cc1.Cc1ccc(CC(=O)CCl)cc1.Cc1ccc(CC(=O)NCCOCCOCCN)cc1. The van der Waals surface area contributed by atoms with Crippen molar-refractivity contribution in [1.82, 2.24) is 16.0 Å². The van der Waals surface area contributed by atoms with Gasteiger partial charge in [0.15, 0.2) is 23.1 Å². The zero-order valence-corrected chi connectivity index (χ0v) is 77.4. The van der Waals surface area contributed by atoms with Gasteiger partial charge >= 0.3 is 0 Å². The van der Waals surface area contributed by atoms with E-state index in [-0.39, 0.29) is 125 Å². The number of ketones is 5. The van der Waals surface area contributed by atoms with Gasteiger partial charge in [0, 0.05) is 102 Å². The van der Waals surface area contributed by atoms with E-state index < -0.39 is 0 Å². The molecule has 0 aromatic heterocycles. The highest BCUT2D eigenvalue weighted by molar-refractivity contribution is 9.09. The Hall–Kier alpha value is -11.8. The van der Waals surface area contributed by atoms with E-state index in [9.17, 15) is 43.2 Å². The Labute approximate surface area is 834 Å². The van der Waals surface area contributed by atoms with Crippen LogP contribution in [-0.4, -0.2) is 182 Å². The Balaban J connectivity index is -0.000000284. The van der Waals surface area contributed by atoms with Crippen molar-refractivity contribution in [1.29, 1.82) is 0 Å². The zero-order chi connectivity index (χ0) is 93.9. The summed E-state index contributed by atoms with van der Waals surface area (Å²) in [7, 11) is 0. The van der Waals surface area contributed by atoms with Crippen LogP contribution >= 0.6 is 27.5 Å². The van der Waals surface area contributed by atoms with Gasteiger partial charge in [0.05, 0.1) is 96.9 Å². The molecule has 0 spiro atoms. The normalized spacial score (nSPS) is 9.41. The monoisotopic (exact) mass is 1970 g/mol. The number of alkyl halides is 2. The highest BCUT2D eigenvalue weighted by Gasteiger charge is 2.13. The number of halogens is 2. The van der Waals surface area contributed by atoms with Gasteiger partial charge in [-0.3, -0.25) is 43.2 Å². The lowest BCUT2D eigenvalue weighted by Gasteiger charge is -2.07. The summed E-state index contributed by atoms with van der Waals surface area (Å²) in [5, 5.41) is 12.2. The second kappa shape index (κ2) is 85.8. The predicted octanol–water partition coefficient (Wildman–Crippen LogP) is 21.9. The van der Waals surface area contributed by atoms with E-state index in [1.807, 2.05) is 256 Å². The van der Waals surface area contributed by atoms with Crippen LogP contribution in [0.2, 0.25) is 0 Å². The van der Waals surface area contributed by atoms with Crippen molar-refractivity contribution in [3.63, 3.8) is 0 Å². The highest BCUT2D eigenvalue weighted by atomic mass is 79.9. The van der Waals surface area contributed by atoms with Crippen LogP contribution in [0.4, 0.5) is 0 Å². The van der Waals surface area contributed by atoms with Gasteiger partial charge in [0.25, 0.3) is 11.8 Å². The number of benzene rings is 10. The number of amides is 4. The van der Waals surface area contributed by atoms with E-state index in [0.29, 0.717) is 183 Å². The lowest BCUT2D eigenvalue weighted by Crippen LogP contribution is -2.29. The zero-order valence-electron chi connectivity index (χ0n) is 75.1. The summed E-state index contributed by atoms with van der Waals surface area (Å²) in [5.74, 6) is 0.0426. The molecule has 137 heavy (non-hydrogen) atoms. The van der Waals surface area contributed by atoms with Crippen molar-refractivity contribution in [2.24, 2.45) is 22.3 Å². The number of rotatable bonds is 42. The van der Waals surface area contributed by atoms with Crippen LogP contribution in [0.5, 0.6) is 0 Å². The Kier molecular flexibility index (Phi) is 86.6. The van der Waals surface area contributed by atoms with Crippen LogP contribution in [0.1, 0.15) is 208 Å². The molecule has 0 radical (unpaired) electrons. The summed E-state index contributed by atoms with van der Waals surface area (Å²) in [6.07, 6.45) is 1.72. The Morgan fingerprint density at radius 1 is 0.336 bits per heavy atom. The Bertz CT molecular complexity index is 4760. The third-order valence-corrected chi connectivity index (χ3v) is 18.8. The van der Waals surface area contributed by atoms with Gasteiger partial charge in [-0.25, -0.2) is 0 Å². The van der Waals surface area contributed by atoms with E-state index in [1.165, 1.54) is 22.3 Å². The molecule has 10 aromatic carbocycles. The molecule has 0 saturated heterocycles. The van der Waals surface area contributed by atoms with Gasteiger partial charge in [0.1, 0.15) is 5.78 Å². The fraction of sp³-hybridized carbons (Fsp3) is 0.378. The molecule has 10 aromatic rings. The lowest BCUT2D eigenvalue weighted by atomic mass is 9.98. The molecule has 0 aliphatic heterocycles. The van der Waals surface area contributed by atoms with E-state index in [1.54, 1.807) is 55.5 Å². The Morgan fingerprint density at radius 3 is 0.942 bits per heavy atom. The molecular weight excluding hydrogens is 1810 g/mol. The summed E-state index contributed by atoms with van der Waals surface area (Å²) in [6, 6.07) is 77.5. The van der Waals surface area contributed by atoms with Crippen LogP contribution in [0, 0.1) is 55.4 Å². The minimum absolute atomic E-state index is 0. The van der Waals surface area contributed by atoms with Crippen LogP contribution in [0.25, 0.3) is 10.4 Å². The number of Topliss-reactive ketones (excluding diaryl/α,β-unsaturated/α-hetero) is 4. The van der Waals surface area contributed by atoms with Crippen LogP contribution in [-0.2, 0) is 68.5 Å². The van der Waals surface area contributed by atoms with E-state index >= 15 is 0 Å². The molecular formula is C111H161BrClN9O15. The first-order chi connectivity index (χ1) is 61.7. The molecule has 10 rings (SSSR count). The quantitative estimate of drug-likeness (QED) is 0.00517. The molecule has 26 heteroatoms. The van der Waals surface area contributed by atoms with Crippen LogP contribution in [0.15, 0.2) is 254 Å². The number of nitrogens with two attached hydrogens (primary N) is 3. The molecule has 0 bridgehead atoms. The summed E-state index contributed by atoms with van der Waals surface area (Å²) in [4.78, 5) is 106. The summed E-state index contributed by atoms with van der Waals surface area (Å²) < 4.78 is 31.4. The molecule has 0 aliphatic carbocycles. The minimum atomic E-state index is -0.375. The number of hydrogen-bond acceptors (Lipinski definition) is 18. The van der Waals surface area contributed by atoms with Crippen molar-refractivity contribution >= 4 is 80.1 Å². The van der Waals surface area contributed by atoms with Crippen LogP contribution < -0.4 is 33.2 Å². The minimum Gasteiger partial charge on any atom is -0.379 e. The molecule has 0 aliphatic rings. The average Bonchev–Trinajstić information content (AvgIpc) is 0.838. The third kappa shape index (κ3) is 67.1. The summed E-state index contributed by atoms with van der Waals surface area (Å²) in [5.41, 5.74) is 41.7. The third-order valence-electron chi connectivity index (χ3n) is 17.9. The van der Waals surface area contributed by atoms with Crippen molar-refractivity contribution in [2.75, 3.05) is 130 Å². The van der Waals surface area contributed by atoms with E-state index in [4.69, 9.17) is 62.8 Å². The Morgan fingerprint density at radius 2 is 0.613 bits per heavy atom. The van der Waals surface area contributed by atoms with Gasteiger partial charge in [-0.2, -0.15) is 0 Å². The van der Waals surface area contributed by atoms with Crippen LogP contribution in [0.3, 0.4) is 0 Å². The molecule has 9 N–H and O–H groups in total. The van der Waals surface area contributed by atoms with E-state index in [0.717, 1.165) is 50.1 Å². The van der Waals surface area contributed by atoms with E-state index in [2.05, 4.69) is 41.9 Å². The maximum absolute atomic E-state index is 12.4. The number of ether oxygens (including phenoxy) is 6. The molecule has 0 heterocycles. The first-order valence-electron chi connectivity index (χ1n) is 42.1. The standard InChI is InChI=1S/C22H18O2.C15H24N2O3.C14H20N4O3.C14H22N2O3.C10H11BrO.C10H11ClO.C9H10O.C8H9NO.9CH4/c1-16-7-11-18(12-8-16)21(23)15-17-9-13-20(14-10-17)22(24)19-5-3-2-4-6-19;1-13-2-4-14(5-3-13)12-15(18)17-7-9-20-11-10-19-8-6-16;1-12-2-4-13(5-3-12)14(19)16-6-8-20-10-11-21-9-7-17-18-15;1-12-2-4-13(5-3-12)14(17)16-7-9-19-11-10-18-8-6-15;2*1-8-2-4-9(5-3-8)6-10(12)7-11;1-7-3-5-9(6-4-7)8(2)10;1-6-2-4-7(5-3-6)8(9)10;;;;;;;;;/h2-14H,15H2,1H3;2-5H,6-12,16H2,1H3,(H,17,18);2-5H,6-11H2,1H3,(H,16,19);2-5H,6-11,15H2,1H3,(H,16,17);2*2-5H,6-7H2,1H3;3-6H,1-2H3;2-5H,1H3,(H2,9,10);9*1H4. The second-order valence-corrected chi connectivity index (χ2v) is 30.0. The molecule has 0 fully saturated rings. The fourth-order valence-electron chi connectivity index (χ4n) is 10.6. The average molecular weight is 1980 g/mol. The second-order valence-electron chi connectivity index (χ2n) is 29.1. The summed E-state index contributed by atoms with van der Waals surface area (Å²) in [6.45, 7) is 26.3. The van der Waals surface area contributed by atoms with Gasteiger partial charge in [-0.1, -0.05) is 345 Å². The molecule has 0 atom stereocenters. The number of nitrogens with one attached hydrogen (secondary N) is 3. The van der Waals surface area contributed by atoms with Gasteiger partial charge < -0.3 is 61.6 Å². The maximum Gasteiger partial charge on any atom is 0.251 e. The number of azide groups is 1. The van der Waals surface area contributed by atoms with Crippen molar-refractivity contribution < 1.29 is 71.6 Å². The van der Waals surface area contributed by atoms with Crippen molar-refractivity contribution in [3.8, 4) is 0 Å². The summed E-state index contributed by atoms with van der Waals surface area (Å²) >= 11 is 8.52. The van der Waals surface area contributed by atoms with Gasteiger partial charge in [-0.05, 0) is 126 Å². The number of primary amides is 1.